The maximum Gasteiger partial charge on any atom is 0.224 e. The summed E-state index contributed by atoms with van der Waals surface area (Å²) in [6, 6.07) is 7.96. The summed E-state index contributed by atoms with van der Waals surface area (Å²) in [5.74, 6) is 0.441. The number of thiazole rings is 1. The zero-order valence-electron chi connectivity index (χ0n) is 11.2. The highest BCUT2D eigenvalue weighted by molar-refractivity contribution is 7.07. The topological polar surface area (TPSA) is 42.0 Å². The summed E-state index contributed by atoms with van der Waals surface area (Å²) in [6.45, 7) is 4.25. The molecule has 0 aliphatic heterocycles. The van der Waals surface area contributed by atoms with Crippen molar-refractivity contribution in [3.63, 3.8) is 0 Å². The Hall–Kier alpha value is -1.68. The van der Waals surface area contributed by atoms with Gasteiger partial charge >= 0.3 is 0 Å². The van der Waals surface area contributed by atoms with E-state index in [-0.39, 0.29) is 5.91 Å². The second kappa shape index (κ2) is 6.48. The van der Waals surface area contributed by atoms with Crippen molar-refractivity contribution in [3.05, 3.63) is 46.4 Å². The molecule has 0 bridgehead atoms. The fourth-order valence-electron chi connectivity index (χ4n) is 1.93. The lowest BCUT2D eigenvalue weighted by atomic mass is 10.0. The largest absolute Gasteiger partial charge is 0.326 e. The Bertz CT molecular complexity index is 535. The molecule has 2 aromatic rings. The minimum atomic E-state index is 0.0427. The van der Waals surface area contributed by atoms with E-state index >= 15 is 0 Å². The van der Waals surface area contributed by atoms with Gasteiger partial charge in [-0.05, 0) is 24.0 Å². The van der Waals surface area contributed by atoms with Gasteiger partial charge < -0.3 is 5.32 Å². The number of para-hydroxylation sites is 1. The third kappa shape index (κ3) is 3.89. The van der Waals surface area contributed by atoms with Gasteiger partial charge in [-0.3, -0.25) is 4.79 Å². The van der Waals surface area contributed by atoms with Gasteiger partial charge in [-0.1, -0.05) is 32.0 Å². The van der Waals surface area contributed by atoms with Crippen molar-refractivity contribution in [2.24, 2.45) is 0 Å². The van der Waals surface area contributed by atoms with Crippen molar-refractivity contribution >= 4 is 22.9 Å². The first-order chi connectivity index (χ1) is 9.16. The second-order valence-corrected chi connectivity index (χ2v) is 5.49. The molecule has 0 spiro atoms. The first-order valence-corrected chi connectivity index (χ1v) is 7.37. The molecule has 100 valence electrons. The molecule has 4 heteroatoms. The first kappa shape index (κ1) is 13.7. The molecule has 1 heterocycles. The predicted octanol–water partition coefficient (Wildman–Crippen LogP) is 3.84. The summed E-state index contributed by atoms with van der Waals surface area (Å²) in [6.07, 6.45) is 1.16. The van der Waals surface area contributed by atoms with Crippen LogP contribution in [0, 0.1) is 0 Å². The van der Waals surface area contributed by atoms with E-state index in [1.807, 2.05) is 23.6 Å². The normalized spacial score (nSPS) is 10.7. The maximum absolute atomic E-state index is 11.9. The van der Waals surface area contributed by atoms with Gasteiger partial charge in [-0.2, -0.15) is 0 Å². The molecule has 0 saturated heterocycles. The van der Waals surface area contributed by atoms with Crippen LogP contribution in [0.15, 0.2) is 35.2 Å². The fourth-order valence-corrected chi connectivity index (χ4v) is 2.52. The number of amides is 1. The molecular weight excluding hydrogens is 256 g/mol. The third-order valence-corrected chi connectivity index (χ3v) is 3.58. The molecule has 1 amide bonds. The molecular formula is C15H18N2OS. The summed E-state index contributed by atoms with van der Waals surface area (Å²) in [7, 11) is 0. The molecule has 2 rings (SSSR count). The SMILES string of the molecule is CC(C)c1ccccc1NC(=O)CCc1cscn1. The van der Waals surface area contributed by atoms with Crippen LogP contribution < -0.4 is 5.32 Å². The number of hydrogen-bond acceptors (Lipinski definition) is 3. The minimum absolute atomic E-state index is 0.0427. The van der Waals surface area contributed by atoms with Crippen LogP contribution in [-0.2, 0) is 11.2 Å². The van der Waals surface area contributed by atoms with Crippen LogP contribution in [0.3, 0.4) is 0 Å². The average molecular weight is 274 g/mol. The summed E-state index contributed by atoms with van der Waals surface area (Å²) < 4.78 is 0. The standard InChI is InChI=1S/C15H18N2OS/c1-11(2)13-5-3-4-6-14(13)17-15(18)8-7-12-9-19-10-16-12/h3-6,9-11H,7-8H2,1-2H3,(H,17,18). The molecule has 0 aliphatic carbocycles. The number of rotatable bonds is 5. The van der Waals surface area contributed by atoms with Crippen molar-refractivity contribution in [3.8, 4) is 0 Å². The summed E-state index contributed by atoms with van der Waals surface area (Å²) in [4.78, 5) is 16.1. The smallest absolute Gasteiger partial charge is 0.224 e. The van der Waals surface area contributed by atoms with Crippen molar-refractivity contribution in [2.75, 3.05) is 5.32 Å². The number of aromatic nitrogens is 1. The highest BCUT2D eigenvalue weighted by atomic mass is 32.1. The van der Waals surface area contributed by atoms with E-state index in [0.29, 0.717) is 18.8 Å². The fraction of sp³-hybridized carbons (Fsp3) is 0.333. The molecule has 0 saturated carbocycles. The van der Waals surface area contributed by atoms with Crippen LogP contribution in [-0.4, -0.2) is 10.9 Å². The number of anilines is 1. The minimum Gasteiger partial charge on any atom is -0.326 e. The predicted molar refractivity (Wildman–Crippen MR) is 79.6 cm³/mol. The monoisotopic (exact) mass is 274 g/mol. The van der Waals surface area contributed by atoms with Gasteiger partial charge in [0.15, 0.2) is 0 Å². The van der Waals surface area contributed by atoms with E-state index in [4.69, 9.17) is 0 Å². The van der Waals surface area contributed by atoms with Gasteiger partial charge in [0.2, 0.25) is 5.91 Å². The van der Waals surface area contributed by atoms with Crippen molar-refractivity contribution in [1.82, 2.24) is 4.98 Å². The number of nitrogens with one attached hydrogen (secondary N) is 1. The van der Waals surface area contributed by atoms with Gasteiger partial charge in [0.05, 0.1) is 11.2 Å². The van der Waals surface area contributed by atoms with E-state index in [2.05, 4.69) is 30.2 Å². The highest BCUT2D eigenvalue weighted by Gasteiger charge is 2.09. The molecule has 0 radical (unpaired) electrons. The second-order valence-electron chi connectivity index (χ2n) is 4.77. The van der Waals surface area contributed by atoms with Crippen LogP contribution in [0.1, 0.15) is 37.4 Å². The van der Waals surface area contributed by atoms with Gasteiger partial charge in [0.25, 0.3) is 0 Å². The quantitative estimate of drug-likeness (QED) is 0.900. The molecule has 0 atom stereocenters. The maximum atomic E-state index is 11.9. The van der Waals surface area contributed by atoms with E-state index < -0.39 is 0 Å². The van der Waals surface area contributed by atoms with Crippen molar-refractivity contribution in [2.45, 2.75) is 32.6 Å². The van der Waals surface area contributed by atoms with E-state index in [9.17, 15) is 4.79 Å². The third-order valence-electron chi connectivity index (χ3n) is 2.95. The molecule has 0 aliphatic rings. The lowest BCUT2D eigenvalue weighted by Gasteiger charge is -2.13. The van der Waals surface area contributed by atoms with Crippen LogP contribution in [0.5, 0.6) is 0 Å². The van der Waals surface area contributed by atoms with E-state index in [1.54, 1.807) is 16.8 Å². The number of hydrogen-bond donors (Lipinski definition) is 1. The van der Waals surface area contributed by atoms with Crippen LogP contribution in [0.25, 0.3) is 0 Å². The number of carbonyl (C=O) groups is 1. The Balaban J connectivity index is 1.95. The number of benzene rings is 1. The molecule has 3 nitrogen and oxygen atoms in total. The molecule has 1 aromatic heterocycles. The molecule has 19 heavy (non-hydrogen) atoms. The average Bonchev–Trinajstić information content (AvgIpc) is 2.90. The lowest BCUT2D eigenvalue weighted by molar-refractivity contribution is -0.116. The Morgan fingerprint density at radius 1 is 1.37 bits per heavy atom. The number of carbonyl (C=O) groups excluding carboxylic acids is 1. The van der Waals surface area contributed by atoms with Crippen molar-refractivity contribution < 1.29 is 4.79 Å². The first-order valence-electron chi connectivity index (χ1n) is 6.42. The summed E-state index contributed by atoms with van der Waals surface area (Å²) >= 11 is 1.56. The van der Waals surface area contributed by atoms with Crippen LogP contribution >= 0.6 is 11.3 Å². The van der Waals surface area contributed by atoms with E-state index in [0.717, 1.165) is 11.4 Å². The molecule has 1 aromatic carbocycles. The molecule has 0 unspecified atom stereocenters. The van der Waals surface area contributed by atoms with Crippen LogP contribution in [0.4, 0.5) is 5.69 Å². The molecule has 1 N–H and O–H groups in total. The van der Waals surface area contributed by atoms with E-state index in [1.165, 1.54) is 5.56 Å². The number of nitrogens with zero attached hydrogens (tertiary/aromatic N) is 1. The highest BCUT2D eigenvalue weighted by Crippen LogP contribution is 2.23. The van der Waals surface area contributed by atoms with Gasteiger partial charge in [-0.15, -0.1) is 11.3 Å². The summed E-state index contributed by atoms with van der Waals surface area (Å²) in [5, 5.41) is 4.97. The Labute approximate surface area is 117 Å². The zero-order valence-corrected chi connectivity index (χ0v) is 12.0. The zero-order chi connectivity index (χ0) is 13.7. The Kier molecular flexibility index (Phi) is 4.68. The number of aryl methyl sites for hydroxylation is 1. The Morgan fingerprint density at radius 2 is 2.16 bits per heavy atom. The van der Waals surface area contributed by atoms with Gasteiger partial charge in [0.1, 0.15) is 0 Å². The summed E-state index contributed by atoms with van der Waals surface area (Å²) in [5.41, 5.74) is 4.86. The van der Waals surface area contributed by atoms with Gasteiger partial charge in [0, 0.05) is 17.5 Å². The van der Waals surface area contributed by atoms with Crippen molar-refractivity contribution in [1.29, 1.82) is 0 Å². The lowest BCUT2D eigenvalue weighted by Crippen LogP contribution is -2.14. The Morgan fingerprint density at radius 3 is 2.84 bits per heavy atom. The molecule has 0 fully saturated rings. The van der Waals surface area contributed by atoms with Crippen LogP contribution in [0.2, 0.25) is 0 Å². The van der Waals surface area contributed by atoms with Gasteiger partial charge in [-0.25, -0.2) is 4.98 Å².